The molecule has 0 bridgehead atoms. The summed E-state index contributed by atoms with van der Waals surface area (Å²) in [6.07, 6.45) is 3.57. The molecule has 1 aliphatic heterocycles. The Balaban J connectivity index is 1.57. The highest BCUT2D eigenvalue weighted by atomic mass is 16.2. The minimum atomic E-state index is 0.0368. The van der Waals surface area contributed by atoms with Crippen LogP contribution in [0, 0.1) is 26.7 Å². The molecule has 2 amide bonds. The van der Waals surface area contributed by atoms with E-state index in [-0.39, 0.29) is 17.7 Å². The highest BCUT2D eigenvalue weighted by Gasteiger charge is 2.27. The molecule has 7 nitrogen and oxygen atoms in total. The van der Waals surface area contributed by atoms with Crippen LogP contribution in [0.5, 0.6) is 0 Å². The first-order valence-corrected chi connectivity index (χ1v) is 10.3. The number of carbonyl (C=O) groups is 2. The van der Waals surface area contributed by atoms with Crippen LogP contribution in [0.1, 0.15) is 55.3 Å². The van der Waals surface area contributed by atoms with Gasteiger partial charge in [-0.05, 0) is 52.0 Å². The van der Waals surface area contributed by atoms with Crippen molar-refractivity contribution in [2.24, 2.45) is 5.92 Å². The van der Waals surface area contributed by atoms with Gasteiger partial charge in [0, 0.05) is 49.4 Å². The van der Waals surface area contributed by atoms with Gasteiger partial charge in [-0.25, -0.2) is 9.50 Å². The SMILES string of the molecule is CCCNC(=O)C1CCN(C(=O)CCc2c(C)nc3cc(C)nn3c2C)CC1. The van der Waals surface area contributed by atoms with E-state index in [1.807, 2.05) is 43.2 Å². The number of nitrogens with one attached hydrogen (secondary N) is 1. The first kappa shape index (κ1) is 20.3. The molecule has 1 N–H and O–H groups in total. The predicted molar refractivity (Wildman–Crippen MR) is 108 cm³/mol. The summed E-state index contributed by atoms with van der Waals surface area (Å²) >= 11 is 0. The second-order valence-corrected chi connectivity index (χ2v) is 7.76. The Kier molecular flexibility index (Phi) is 6.31. The fourth-order valence-electron chi connectivity index (χ4n) is 3.98. The Bertz CT molecular complexity index is 865. The molecule has 7 heteroatoms. The fraction of sp³-hybridized carbons (Fsp3) is 0.619. The highest BCUT2D eigenvalue weighted by Crippen LogP contribution is 2.20. The van der Waals surface area contributed by atoms with Crippen molar-refractivity contribution < 1.29 is 9.59 Å². The largest absolute Gasteiger partial charge is 0.356 e. The van der Waals surface area contributed by atoms with E-state index in [0.717, 1.165) is 54.1 Å². The zero-order valence-electron chi connectivity index (χ0n) is 17.4. The molecule has 28 heavy (non-hydrogen) atoms. The van der Waals surface area contributed by atoms with E-state index in [4.69, 9.17) is 0 Å². The first-order valence-electron chi connectivity index (χ1n) is 10.3. The van der Waals surface area contributed by atoms with Gasteiger partial charge in [0.1, 0.15) is 0 Å². The Hall–Kier alpha value is -2.44. The molecular weight excluding hydrogens is 354 g/mol. The molecule has 1 saturated heterocycles. The average molecular weight is 386 g/mol. The number of piperidine rings is 1. The van der Waals surface area contributed by atoms with E-state index in [0.29, 0.717) is 25.9 Å². The number of aryl methyl sites for hydroxylation is 3. The maximum atomic E-state index is 12.7. The fourth-order valence-corrected chi connectivity index (χ4v) is 3.98. The van der Waals surface area contributed by atoms with Gasteiger partial charge >= 0.3 is 0 Å². The molecule has 1 fully saturated rings. The summed E-state index contributed by atoms with van der Waals surface area (Å²) < 4.78 is 1.86. The van der Waals surface area contributed by atoms with Crippen LogP contribution in [0.25, 0.3) is 5.65 Å². The van der Waals surface area contributed by atoms with E-state index in [2.05, 4.69) is 15.4 Å². The van der Waals surface area contributed by atoms with Crippen molar-refractivity contribution in [3.8, 4) is 0 Å². The van der Waals surface area contributed by atoms with Gasteiger partial charge in [0.05, 0.1) is 5.69 Å². The number of hydrogen-bond donors (Lipinski definition) is 1. The van der Waals surface area contributed by atoms with Gasteiger partial charge in [-0.2, -0.15) is 5.10 Å². The molecule has 0 unspecified atom stereocenters. The van der Waals surface area contributed by atoms with Crippen LogP contribution < -0.4 is 5.32 Å². The van der Waals surface area contributed by atoms with E-state index in [1.165, 1.54) is 0 Å². The number of likely N-dealkylation sites (tertiary alicyclic amines) is 1. The summed E-state index contributed by atoms with van der Waals surface area (Å²) in [7, 11) is 0. The number of amides is 2. The van der Waals surface area contributed by atoms with Gasteiger partial charge in [0.2, 0.25) is 11.8 Å². The van der Waals surface area contributed by atoms with Gasteiger partial charge in [-0.1, -0.05) is 6.92 Å². The summed E-state index contributed by atoms with van der Waals surface area (Å²) in [6, 6.07) is 1.97. The summed E-state index contributed by atoms with van der Waals surface area (Å²) in [5, 5.41) is 7.46. The van der Waals surface area contributed by atoms with Gasteiger partial charge in [-0.3, -0.25) is 9.59 Å². The van der Waals surface area contributed by atoms with Crippen molar-refractivity contribution in [1.82, 2.24) is 24.8 Å². The topological polar surface area (TPSA) is 79.6 Å². The van der Waals surface area contributed by atoms with Crippen LogP contribution in [0.3, 0.4) is 0 Å². The maximum Gasteiger partial charge on any atom is 0.223 e. The molecule has 2 aromatic heterocycles. The van der Waals surface area contributed by atoms with Crippen LogP contribution in [0.15, 0.2) is 6.07 Å². The standard InChI is InChI=1S/C21H31N5O2/c1-5-10-22-21(28)17-8-11-25(12-9-17)20(27)7-6-18-15(3)23-19-13-14(2)24-26(19)16(18)4/h13,17H,5-12H2,1-4H3,(H,22,28). The zero-order chi connectivity index (χ0) is 20.3. The van der Waals surface area contributed by atoms with Crippen molar-refractivity contribution in [2.75, 3.05) is 19.6 Å². The van der Waals surface area contributed by atoms with Gasteiger partial charge in [0.25, 0.3) is 0 Å². The molecule has 0 atom stereocenters. The molecule has 0 spiro atoms. The van der Waals surface area contributed by atoms with Crippen molar-refractivity contribution in [3.05, 3.63) is 28.7 Å². The second kappa shape index (κ2) is 8.71. The van der Waals surface area contributed by atoms with Crippen LogP contribution in [0.4, 0.5) is 0 Å². The second-order valence-electron chi connectivity index (χ2n) is 7.76. The normalized spacial score (nSPS) is 15.2. The lowest BCUT2D eigenvalue weighted by atomic mass is 9.95. The molecule has 152 valence electrons. The summed E-state index contributed by atoms with van der Waals surface area (Å²) in [5.74, 6) is 0.326. The zero-order valence-corrected chi connectivity index (χ0v) is 17.4. The van der Waals surface area contributed by atoms with E-state index >= 15 is 0 Å². The summed E-state index contributed by atoms with van der Waals surface area (Å²) in [5.41, 5.74) is 4.90. The number of carbonyl (C=O) groups excluding carboxylic acids is 2. The molecule has 0 aromatic carbocycles. The van der Waals surface area contributed by atoms with E-state index in [1.54, 1.807) is 0 Å². The van der Waals surface area contributed by atoms with Crippen molar-refractivity contribution >= 4 is 17.5 Å². The number of rotatable bonds is 6. The quantitative estimate of drug-likeness (QED) is 0.828. The average Bonchev–Trinajstić information content (AvgIpc) is 3.06. The van der Waals surface area contributed by atoms with Crippen molar-refractivity contribution in [1.29, 1.82) is 0 Å². The van der Waals surface area contributed by atoms with E-state index in [9.17, 15) is 9.59 Å². The van der Waals surface area contributed by atoms with E-state index < -0.39 is 0 Å². The molecule has 0 saturated carbocycles. The van der Waals surface area contributed by atoms with Gasteiger partial charge < -0.3 is 10.2 Å². The Morgan fingerprint density at radius 3 is 2.61 bits per heavy atom. The van der Waals surface area contributed by atoms with Crippen molar-refractivity contribution in [2.45, 2.75) is 59.8 Å². The third kappa shape index (κ3) is 4.34. The maximum absolute atomic E-state index is 12.7. The number of aromatic nitrogens is 3. The lowest BCUT2D eigenvalue weighted by Crippen LogP contribution is -2.43. The molecule has 1 aliphatic rings. The van der Waals surface area contributed by atoms with Crippen molar-refractivity contribution in [3.63, 3.8) is 0 Å². The molecule has 0 aliphatic carbocycles. The number of nitrogens with zero attached hydrogens (tertiary/aromatic N) is 4. The molecule has 0 radical (unpaired) electrons. The number of fused-ring (bicyclic) bond motifs is 1. The first-order chi connectivity index (χ1) is 13.4. The predicted octanol–water partition coefficient (Wildman–Crippen LogP) is 2.35. The smallest absolute Gasteiger partial charge is 0.223 e. The molecule has 3 rings (SSSR count). The summed E-state index contributed by atoms with van der Waals surface area (Å²) in [6.45, 7) is 10.1. The molecule has 2 aromatic rings. The Labute approximate surface area is 166 Å². The van der Waals surface area contributed by atoms with Crippen LogP contribution in [-0.4, -0.2) is 50.9 Å². The van der Waals surface area contributed by atoms with Gasteiger partial charge in [-0.15, -0.1) is 0 Å². The number of hydrogen-bond acceptors (Lipinski definition) is 4. The van der Waals surface area contributed by atoms with Crippen LogP contribution in [-0.2, 0) is 16.0 Å². The minimum absolute atomic E-state index is 0.0368. The van der Waals surface area contributed by atoms with Crippen LogP contribution in [0.2, 0.25) is 0 Å². The Morgan fingerprint density at radius 2 is 1.93 bits per heavy atom. The molecule has 3 heterocycles. The minimum Gasteiger partial charge on any atom is -0.356 e. The summed E-state index contributed by atoms with van der Waals surface area (Å²) in [4.78, 5) is 31.3. The lowest BCUT2D eigenvalue weighted by molar-refractivity contribution is -0.135. The third-order valence-electron chi connectivity index (χ3n) is 5.64. The van der Waals surface area contributed by atoms with Gasteiger partial charge in [0.15, 0.2) is 5.65 Å². The Morgan fingerprint density at radius 1 is 1.21 bits per heavy atom. The third-order valence-corrected chi connectivity index (χ3v) is 5.64. The van der Waals surface area contributed by atoms with Crippen LogP contribution >= 0.6 is 0 Å². The monoisotopic (exact) mass is 385 g/mol. The lowest BCUT2D eigenvalue weighted by Gasteiger charge is -2.31. The molecular formula is C21H31N5O2. The highest BCUT2D eigenvalue weighted by molar-refractivity contribution is 5.80.